The number of carbonyl (C=O) groups excluding carboxylic acids is 1. The molecule has 0 heterocycles. The largest absolute Gasteiger partial charge is 0.295 e. The van der Waals surface area contributed by atoms with Crippen LogP contribution in [0.4, 0.5) is 0 Å². The lowest BCUT2D eigenvalue weighted by Gasteiger charge is -2.03. The zero-order chi connectivity index (χ0) is 13.7. The molecule has 0 N–H and O–H groups in total. The van der Waals surface area contributed by atoms with Gasteiger partial charge in [0.25, 0.3) is 0 Å². The van der Waals surface area contributed by atoms with Gasteiger partial charge in [0.1, 0.15) is 0 Å². The lowest BCUT2D eigenvalue weighted by molar-refractivity contribution is 0.101. The van der Waals surface area contributed by atoms with Gasteiger partial charge in [0, 0.05) is 5.56 Å². The van der Waals surface area contributed by atoms with E-state index in [1.165, 1.54) is 11.1 Å². The van der Waals surface area contributed by atoms with Crippen LogP contribution in [0.25, 0.3) is 0 Å². The molecule has 0 fully saturated rings. The Bertz CT molecular complexity index is 603. The minimum Gasteiger partial charge on any atom is -0.295 e. The van der Waals surface area contributed by atoms with Crippen molar-refractivity contribution in [3.8, 4) is 6.07 Å². The third kappa shape index (κ3) is 3.53. The summed E-state index contributed by atoms with van der Waals surface area (Å²) in [6, 6.07) is 17.5. The normalized spacial score (nSPS) is 9.89. The Morgan fingerprint density at radius 3 is 1.84 bits per heavy atom. The van der Waals surface area contributed by atoms with Gasteiger partial charge in [-0.15, -0.1) is 0 Å². The Kier molecular flexibility index (Phi) is 4.10. The predicted molar refractivity (Wildman–Crippen MR) is 75.0 cm³/mol. The number of rotatable bonds is 4. The summed E-state index contributed by atoms with van der Waals surface area (Å²) in [6.45, 7) is 1.58. The molecule has 0 amide bonds. The topological polar surface area (TPSA) is 40.9 Å². The van der Waals surface area contributed by atoms with Crippen LogP contribution < -0.4 is 0 Å². The number of ketones is 1. The van der Waals surface area contributed by atoms with Gasteiger partial charge in [0.05, 0.1) is 11.6 Å². The van der Waals surface area contributed by atoms with E-state index in [1.807, 2.05) is 48.5 Å². The smallest absolute Gasteiger partial charge is 0.159 e. The molecule has 0 aliphatic carbocycles. The SMILES string of the molecule is CC(=O)c1ccc(CCc2ccc(C#N)cc2)cc1. The van der Waals surface area contributed by atoms with Crippen LogP contribution in [-0.4, -0.2) is 5.78 Å². The van der Waals surface area contributed by atoms with E-state index in [4.69, 9.17) is 5.26 Å². The van der Waals surface area contributed by atoms with Crippen molar-refractivity contribution < 1.29 is 4.79 Å². The van der Waals surface area contributed by atoms with Crippen molar-refractivity contribution in [2.45, 2.75) is 19.8 Å². The van der Waals surface area contributed by atoms with Gasteiger partial charge in [-0.05, 0) is 43.0 Å². The van der Waals surface area contributed by atoms with Crippen molar-refractivity contribution in [1.29, 1.82) is 5.26 Å². The van der Waals surface area contributed by atoms with Gasteiger partial charge in [-0.25, -0.2) is 0 Å². The number of Topliss-reactive ketones (excluding diaryl/α,β-unsaturated/α-hetero) is 1. The molecule has 0 radical (unpaired) electrons. The molecule has 0 spiro atoms. The fraction of sp³-hybridized carbons (Fsp3) is 0.176. The van der Waals surface area contributed by atoms with Gasteiger partial charge in [-0.2, -0.15) is 5.26 Å². The number of benzene rings is 2. The third-order valence-electron chi connectivity index (χ3n) is 3.15. The summed E-state index contributed by atoms with van der Waals surface area (Å²) < 4.78 is 0. The van der Waals surface area contributed by atoms with E-state index in [9.17, 15) is 4.79 Å². The highest BCUT2D eigenvalue weighted by Gasteiger charge is 2.00. The maximum atomic E-state index is 11.2. The molecule has 0 unspecified atom stereocenters. The monoisotopic (exact) mass is 249 g/mol. The highest BCUT2D eigenvalue weighted by atomic mass is 16.1. The standard InChI is InChI=1S/C17H15NO/c1-13(19)17-10-8-15(9-11-17)3-2-14-4-6-16(12-18)7-5-14/h4-11H,2-3H2,1H3. The van der Waals surface area contributed by atoms with Crippen LogP contribution in [0.5, 0.6) is 0 Å². The average molecular weight is 249 g/mol. The number of aryl methyl sites for hydroxylation is 2. The molecule has 0 saturated carbocycles. The molecule has 19 heavy (non-hydrogen) atoms. The van der Waals surface area contributed by atoms with E-state index in [2.05, 4.69) is 6.07 Å². The molecule has 0 aromatic heterocycles. The summed E-state index contributed by atoms with van der Waals surface area (Å²) >= 11 is 0. The zero-order valence-electron chi connectivity index (χ0n) is 10.9. The number of nitriles is 1. The third-order valence-corrected chi connectivity index (χ3v) is 3.15. The lowest BCUT2D eigenvalue weighted by atomic mass is 10.0. The summed E-state index contributed by atoms with van der Waals surface area (Å²) in [7, 11) is 0. The molecular weight excluding hydrogens is 234 g/mol. The highest BCUT2D eigenvalue weighted by Crippen LogP contribution is 2.10. The van der Waals surface area contributed by atoms with Crippen LogP contribution in [0.1, 0.15) is 34.0 Å². The van der Waals surface area contributed by atoms with Gasteiger partial charge >= 0.3 is 0 Å². The second-order valence-corrected chi connectivity index (χ2v) is 4.56. The summed E-state index contributed by atoms with van der Waals surface area (Å²) in [5, 5.41) is 8.73. The Labute approximate surface area is 113 Å². The van der Waals surface area contributed by atoms with Gasteiger partial charge in [0.15, 0.2) is 5.78 Å². The summed E-state index contributed by atoms with van der Waals surface area (Å²) in [6.07, 6.45) is 1.87. The van der Waals surface area contributed by atoms with Crippen molar-refractivity contribution in [2.24, 2.45) is 0 Å². The Hall–Kier alpha value is -2.40. The average Bonchev–Trinajstić information content (AvgIpc) is 2.46. The molecule has 0 aliphatic rings. The first-order valence-electron chi connectivity index (χ1n) is 6.28. The Morgan fingerprint density at radius 2 is 1.42 bits per heavy atom. The molecule has 2 aromatic rings. The maximum Gasteiger partial charge on any atom is 0.159 e. The van der Waals surface area contributed by atoms with Crippen LogP contribution in [0.2, 0.25) is 0 Å². The highest BCUT2D eigenvalue weighted by molar-refractivity contribution is 5.93. The summed E-state index contributed by atoms with van der Waals surface area (Å²) in [5.74, 6) is 0.0960. The first-order valence-corrected chi connectivity index (χ1v) is 6.28. The number of hydrogen-bond donors (Lipinski definition) is 0. The number of nitrogens with zero attached hydrogens (tertiary/aromatic N) is 1. The van der Waals surface area contributed by atoms with E-state index in [-0.39, 0.29) is 5.78 Å². The quantitative estimate of drug-likeness (QED) is 0.777. The summed E-state index contributed by atoms with van der Waals surface area (Å²) in [5.41, 5.74) is 3.88. The van der Waals surface area contributed by atoms with Gasteiger partial charge in [-0.1, -0.05) is 36.4 Å². The summed E-state index contributed by atoms with van der Waals surface area (Å²) in [4.78, 5) is 11.2. The number of carbonyl (C=O) groups is 1. The zero-order valence-corrected chi connectivity index (χ0v) is 10.9. The van der Waals surface area contributed by atoms with Crippen molar-refractivity contribution in [2.75, 3.05) is 0 Å². The van der Waals surface area contributed by atoms with Gasteiger partial charge in [0.2, 0.25) is 0 Å². The van der Waals surface area contributed by atoms with Crippen LogP contribution in [0.3, 0.4) is 0 Å². The molecule has 2 heteroatoms. The van der Waals surface area contributed by atoms with Gasteiger partial charge in [-0.3, -0.25) is 4.79 Å². The molecule has 2 rings (SSSR count). The van der Waals surface area contributed by atoms with E-state index < -0.39 is 0 Å². The molecule has 94 valence electrons. The molecule has 2 nitrogen and oxygen atoms in total. The Balaban J connectivity index is 1.98. The molecule has 0 saturated heterocycles. The van der Waals surface area contributed by atoms with Gasteiger partial charge < -0.3 is 0 Å². The molecule has 0 atom stereocenters. The maximum absolute atomic E-state index is 11.2. The first-order chi connectivity index (χ1) is 9.19. The van der Waals surface area contributed by atoms with E-state index in [0.29, 0.717) is 5.56 Å². The van der Waals surface area contributed by atoms with Crippen molar-refractivity contribution in [3.63, 3.8) is 0 Å². The minimum absolute atomic E-state index is 0.0960. The molecule has 0 aliphatic heterocycles. The van der Waals surface area contributed by atoms with E-state index in [0.717, 1.165) is 18.4 Å². The predicted octanol–water partition coefficient (Wildman–Crippen LogP) is 3.55. The number of hydrogen-bond acceptors (Lipinski definition) is 2. The van der Waals surface area contributed by atoms with Crippen LogP contribution in [0, 0.1) is 11.3 Å². The van der Waals surface area contributed by atoms with Crippen LogP contribution in [-0.2, 0) is 12.8 Å². The molecular formula is C17H15NO. The Morgan fingerprint density at radius 1 is 0.947 bits per heavy atom. The molecule has 0 bridgehead atoms. The van der Waals surface area contributed by atoms with Crippen molar-refractivity contribution in [3.05, 3.63) is 70.8 Å². The lowest BCUT2D eigenvalue weighted by Crippen LogP contribution is -1.94. The van der Waals surface area contributed by atoms with Crippen LogP contribution in [0.15, 0.2) is 48.5 Å². The van der Waals surface area contributed by atoms with E-state index in [1.54, 1.807) is 6.92 Å². The second-order valence-electron chi connectivity index (χ2n) is 4.56. The molecule has 2 aromatic carbocycles. The minimum atomic E-state index is 0.0960. The fourth-order valence-corrected chi connectivity index (χ4v) is 1.94. The van der Waals surface area contributed by atoms with Crippen molar-refractivity contribution in [1.82, 2.24) is 0 Å². The van der Waals surface area contributed by atoms with E-state index >= 15 is 0 Å². The fourth-order valence-electron chi connectivity index (χ4n) is 1.94. The van der Waals surface area contributed by atoms with Crippen molar-refractivity contribution >= 4 is 5.78 Å². The second kappa shape index (κ2) is 5.97. The van der Waals surface area contributed by atoms with Crippen LogP contribution >= 0.6 is 0 Å². The first kappa shape index (κ1) is 13.0.